The first kappa shape index (κ1) is 15.2. The summed E-state index contributed by atoms with van der Waals surface area (Å²) in [7, 11) is 1.78. The summed E-state index contributed by atoms with van der Waals surface area (Å²) in [4.78, 5) is 6.92. The SMILES string of the molecule is CCC[C@]1(COC)CCCN1Cc1nc(-c2ccoc2)no1. The molecule has 6 heteroatoms. The molecule has 1 saturated heterocycles. The maximum absolute atomic E-state index is 5.49. The number of ether oxygens (including phenoxy) is 1. The van der Waals surface area contributed by atoms with Crippen molar-refractivity contribution < 1.29 is 13.7 Å². The monoisotopic (exact) mass is 305 g/mol. The van der Waals surface area contributed by atoms with Gasteiger partial charge in [-0.25, -0.2) is 0 Å². The number of likely N-dealkylation sites (tertiary alicyclic amines) is 1. The maximum atomic E-state index is 5.49. The zero-order valence-electron chi connectivity index (χ0n) is 13.2. The fraction of sp³-hybridized carbons (Fsp3) is 0.625. The van der Waals surface area contributed by atoms with Gasteiger partial charge in [-0.05, 0) is 31.9 Å². The van der Waals surface area contributed by atoms with E-state index in [4.69, 9.17) is 13.7 Å². The van der Waals surface area contributed by atoms with Crippen molar-refractivity contribution >= 4 is 0 Å². The number of hydrogen-bond acceptors (Lipinski definition) is 6. The highest BCUT2D eigenvalue weighted by molar-refractivity contribution is 5.51. The average Bonchev–Trinajstić information content (AvgIpc) is 3.22. The first-order valence-corrected chi connectivity index (χ1v) is 7.86. The number of nitrogens with zero attached hydrogens (tertiary/aromatic N) is 3. The minimum atomic E-state index is 0.105. The summed E-state index contributed by atoms with van der Waals surface area (Å²) in [5, 5.41) is 4.04. The predicted molar refractivity (Wildman–Crippen MR) is 81.2 cm³/mol. The second kappa shape index (κ2) is 6.62. The molecule has 1 aliphatic heterocycles. The minimum absolute atomic E-state index is 0.105. The number of aromatic nitrogens is 2. The molecule has 0 saturated carbocycles. The molecule has 0 N–H and O–H groups in total. The van der Waals surface area contributed by atoms with Crippen LogP contribution in [0, 0.1) is 0 Å². The van der Waals surface area contributed by atoms with E-state index < -0.39 is 0 Å². The van der Waals surface area contributed by atoms with E-state index in [9.17, 15) is 0 Å². The van der Waals surface area contributed by atoms with Crippen molar-refractivity contribution in [2.75, 3.05) is 20.3 Å². The van der Waals surface area contributed by atoms with Crippen molar-refractivity contribution in [2.45, 2.75) is 44.7 Å². The molecule has 22 heavy (non-hydrogen) atoms. The Morgan fingerprint density at radius 3 is 3.09 bits per heavy atom. The molecule has 0 spiro atoms. The highest BCUT2D eigenvalue weighted by atomic mass is 16.5. The topological polar surface area (TPSA) is 64.5 Å². The van der Waals surface area contributed by atoms with Crippen LogP contribution in [0.5, 0.6) is 0 Å². The Hall–Kier alpha value is -1.66. The predicted octanol–water partition coefficient (Wildman–Crippen LogP) is 3.11. The largest absolute Gasteiger partial charge is 0.472 e. The Kier molecular flexibility index (Phi) is 4.59. The summed E-state index contributed by atoms with van der Waals surface area (Å²) in [5.74, 6) is 1.23. The van der Waals surface area contributed by atoms with Crippen LogP contribution in [0.15, 0.2) is 27.5 Å². The second-order valence-corrected chi connectivity index (χ2v) is 5.96. The van der Waals surface area contributed by atoms with Crippen molar-refractivity contribution in [1.82, 2.24) is 15.0 Å². The van der Waals surface area contributed by atoms with Crippen molar-refractivity contribution in [1.29, 1.82) is 0 Å². The fourth-order valence-corrected chi connectivity index (χ4v) is 3.49. The summed E-state index contributed by atoms with van der Waals surface area (Å²) in [6.07, 6.45) is 7.85. The third kappa shape index (κ3) is 2.94. The highest BCUT2D eigenvalue weighted by Gasteiger charge is 2.40. The molecule has 2 aromatic heterocycles. The molecule has 1 atom stereocenters. The Balaban J connectivity index is 1.74. The Morgan fingerprint density at radius 2 is 2.36 bits per heavy atom. The van der Waals surface area contributed by atoms with E-state index >= 15 is 0 Å². The van der Waals surface area contributed by atoms with Crippen molar-refractivity contribution in [3.63, 3.8) is 0 Å². The van der Waals surface area contributed by atoms with Gasteiger partial charge in [-0.3, -0.25) is 4.90 Å². The molecule has 3 heterocycles. The van der Waals surface area contributed by atoms with Crippen molar-refractivity contribution in [3.8, 4) is 11.4 Å². The van der Waals surface area contributed by atoms with Gasteiger partial charge >= 0.3 is 0 Å². The normalized spacial score (nSPS) is 22.5. The Labute approximate surface area is 130 Å². The molecule has 0 bridgehead atoms. The van der Waals surface area contributed by atoms with E-state index in [0.717, 1.165) is 38.0 Å². The zero-order valence-corrected chi connectivity index (χ0v) is 13.2. The lowest BCUT2D eigenvalue weighted by Gasteiger charge is -2.37. The van der Waals surface area contributed by atoms with Crippen molar-refractivity contribution in [2.24, 2.45) is 0 Å². The number of furan rings is 1. The van der Waals surface area contributed by atoms with Crippen LogP contribution >= 0.6 is 0 Å². The van der Waals surface area contributed by atoms with Gasteiger partial charge in [0.15, 0.2) is 0 Å². The Bertz CT molecular complexity index is 573. The molecule has 1 aliphatic rings. The van der Waals surface area contributed by atoms with E-state index in [-0.39, 0.29) is 5.54 Å². The molecule has 0 aliphatic carbocycles. The summed E-state index contributed by atoms with van der Waals surface area (Å²) < 4.78 is 16.0. The summed E-state index contributed by atoms with van der Waals surface area (Å²) >= 11 is 0. The van der Waals surface area contributed by atoms with Crippen LogP contribution in [0.2, 0.25) is 0 Å². The van der Waals surface area contributed by atoms with Gasteiger partial charge in [0.1, 0.15) is 6.26 Å². The zero-order chi connectivity index (χ0) is 15.4. The lowest BCUT2D eigenvalue weighted by atomic mass is 9.91. The fourth-order valence-electron chi connectivity index (χ4n) is 3.49. The molecule has 6 nitrogen and oxygen atoms in total. The number of rotatable bonds is 7. The molecule has 0 radical (unpaired) electrons. The molecule has 3 rings (SSSR count). The van der Waals surface area contributed by atoms with E-state index in [1.807, 2.05) is 6.07 Å². The van der Waals surface area contributed by atoms with Gasteiger partial charge in [0, 0.05) is 12.6 Å². The van der Waals surface area contributed by atoms with Gasteiger partial charge in [0.25, 0.3) is 0 Å². The summed E-state index contributed by atoms with van der Waals surface area (Å²) in [6.45, 7) is 4.70. The molecule has 0 aromatic carbocycles. The third-order valence-electron chi connectivity index (χ3n) is 4.44. The Morgan fingerprint density at radius 1 is 1.45 bits per heavy atom. The first-order valence-electron chi connectivity index (χ1n) is 7.86. The molecule has 0 unspecified atom stereocenters. The lowest BCUT2D eigenvalue weighted by molar-refractivity contribution is 0.0212. The summed E-state index contributed by atoms with van der Waals surface area (Å²) in [5.41, 5.74) is 0.946. The smallest absolute Gasteiger partial charge is 0.241 e. The quantitative estimate of drug-likeness (QED) is 0.783. The average molecular weight is 305 g/mol. The first-order chi connectivity index (χ1) is 10.8. The van der Waals surface area contributed by atoms with Crippen LogP contribution in [-0.4, -0.2) is 40.8 Å². The van der Waals surface area contributed by atoms with E-state index in [2.05, 4.69) is 22.0 Å². The molecule has 0 amide bonds. The molecule has 1 fully saturated rings. The van der Waals surface area contributed by atoms with Gasteiger partial charge in [-0.2, -0.15) is 4.98 Å². The van der Waals surface area contributed by atoms with Gasteiger partial charge in [0.2, 0.25) is 11.7 Å². The van der Waals surface area contributed by atoms with E-state index in [1.54, 1.807) is 19.6 Å². The summed E-state index contributed by atoms with van der Waals surface area (Å²) in [6, 6.07) is 1.83. The van der Waals surface area contributed by atoms with Gasteiger partial charge in [-0.15, -0.1) is 0 Å². The van der Waals surface area contributed by atoms with Crippen LogP contribution in [0.3, 0.4) is 0 Å². The minimum Gasteiger partial charge on any atom is -0.472 e. The molecule has 2 aromatic rings. The lowest BCUT2D eigenvalue weighted by Crippen LogP contribution is -2.47. The van der Waals surface area contributed by atoms with Crippen LogP contribution in [0.1, 0.15) is 38.5 Å². The second-order valence-electron chi connectivity index (χ2n) is 5.96. The maximum Gasteiger partial charge on any atom is 0.241 e. The molecular formula is C16H23N3O3. The molecule has 120 valence electrons. The third-order valence-corrected chi connectivity index (χ3v) is 4.44. The number of hydrogen-bond donors (Lipinski definition) is 0. The van der Waals surface area contributed by atoms with Crippen LogP contribution in [-0.2, 0) is 11.3 Å². The van der Waals surface area contributed by atoms with Crippen LogP contribution in [0.4, 0.5) is 0 Å². The standard InChI is InChI=1S/C16H23N3O3/c1-3-6-16(12-20-2)7-4-8-19(16)10-14-17-15(18-22-14)13-5-9-21-11-13/h5,9,11H,3-4,6-8,10,12H2,1-2H3/t16-/m1/s1. The van der Waals surface area contributed by atoms with Gasteiger partial charge in [-0.1, -0.05) is 18.5 Å². The number of methoxy groups -OCH3 is 1. The van der Waals surface area contributed by atoms with Crippen molar-refractivity contribution in [3.05, 3.63) is 24.5 Å². The molecular weight excluding hydrogens is 282 g/mol. The van der Waals surface area contributed by atoms with Crippen LogP contribution < -0.4 is 0 Å². The van der Waals surface area contributed by atoms with E-state index in [1.165, 1.54) is 6.42 Å². The highest BCUT2D eigenvalue weighted by Crippen LogP contribution is 2.35. The van der Waals surface area contributed by atoms with Crippen LogP contribution in [0.25, 0.3) is 11.4 Å². The van der Waals surface area contributed by atoms with E-state index in [0.29, 0.717) is 18.3 Å². The van der Waals surface area contributed by atoms with Gasteiger partial charge < -0.3 is 13.7 Å². The van der Waals surface area contributed by atoms with Gasteiger partial charge in [0.05, 0.1) is 25.0 Å².